The van der Waals surface area contributed by atoms with E-state index in [9.17, 15) is 13.2 Å². The van der Waals surface area contributed by atoms with Crippen LogP contribution in [-0.4, -0.2) is 6.61 Å². The second-order valence-corrected chi connectivity index (χ2v) is 5.55. The standard InChI is InChI=1S/C20H21F3O/c1-3-24-18-13-12-17(19(22)20(18)23)16-10-8-15(9-11-16)7-5-4-6-14(2)21/h6,8-13H,3-5,7H2,1-2H3. The Morgan fingerprint density at radius 1 is 1.04 bits per heavy atom. The molecule has 128 valence electrons. The largest absolute Gasteiger partial charge is 0.491 e. The molecule has 2 rings (SSSR count). The third-order valence-corrected chi connectivity index (χ3v) is 3.71. The first-order chi connectivity index (χ1) is 11.5. The molecule has 0 saturated heterocycles. The van der Waals surface area contributed by atoms with E-state index in [1.165, 1.54) is 19.1 Å². The zero-order valence-corrected chi connectivity index (χ0v) is 13.9. The highest BCUT2D eigenvalue weighted by Gasteiger charge is 2.15. The summed E-state index contributed by atoms with van der Waals surface area (Å²) in [6.07, 6.45) is 3.89. The van der Waals surface area contributed by atoms with E-state index in [1.807, 2.05) is 12.1 Å². The Morgan fingerprint density at radius 2 is 1.75 bits per heavy atom. The van der Waals surface area contributed by atoms with Gasteiger partial charge in [0.15, 0.2) is 11.6 Å². The number of aryl methyl sites for hydroxylation is 1. The summed E-state index contributed by atoms with van der Waals surface area (Å²) in [5.41, 5.74) is 1.90. The quantitative estimate of drug-likeness (QED) is 0.546. The molecule has 2 aromatic carbocycles. The average Bonchev–Trinajstić information content (AvgIpc) is 2.57. The monoisotopic (exact) mass is 334 g/mol. The first kappa shape index (κ1) is 18.1. The SMILES string of the molecule is CCOc1ccc(-c2ccc(CCCC=C(C)F)cc2)c(F)c1F. The molecule has 0 heterocycles. The van der Waals surface area contributed by atoms with Crippen molar-refractivity contribution in [3.8, 4) is 16.9 Å². The maximum Gasteiger partial charge on any atom is 0.201 e. The lowest BCUT2D eigenvalue weighted by Crippen LogP contribution is -1.98. The fourth-order valence-corrected chi connectivity index (χ4v) is 2.48. The average molecular weight is 334 g/mol. The van der Waals surface area contributed by atoms with Crippen LogP contribution in [0.3, 0.4) is 0 Å². The highest BCUT2D eigenvalue weighted by Crippen LogP contribution is 2.30. The zero-order chi connectivity index (χ0) is 17.5. The molecule has 0 aliphatic carbocycles. The van der Waals surface area contributed by atoms with Gasteiger partial charge in [-0.25, -0.2) is 8.78 Å². The Morgan fingerprint density at radius 3 is 2.38 bits per heavy atom. The van der Waals surface area contributed by atoms with E-state index in [4.69, 9.17) is 4.74 Å². The molecule has 0 bridgehead atoms. The van der Waals surface area contributed by atoms with Crippen LogP contribution in [0.1, 0.15) is 32.3 Å². The molecule has 0 atom stereocenters. The highest BCUT2D eigenvalue weighted by atomic mass is 19.2. The van der Waals surface area contributed by atoms with Gasteiger partial charge in [-0.15, -0.1) is 0 Å². The molecule has 24 heavy (non-hydrogen) atoms. The molecular formula is C20H21F3O. The highest BCUT2D eigenvalue weighted by molar-refractivity contribution is 5.65. The van der Waals surface area contributed by atoms with Gasteiger partial charge >= 0.3 is 0 Å². The first-order valence-corrected chi connectivity index (χ1v) is 8.05. The third-order valence-electron chi connectivity index (χ3n) is 3.71. The number of hydrogen-bond acceptors (Lipinski definition) is 1. The smallest absolute Gasteiger partial charge is 0.201 e. The fraction of sp³-hybridized carbons (Fsp3) is 0.300. The fourth-order valence-electron chi connectivity index (χ4n) is 2.48. The number of allylic oxidation sites excluding steroid dienone is 2. The minimum Gasteiger partial charge on any atom is -0.491 e. The third kappa shape index (κ3) is 4.63. The normalized spacial score (nSPS) is 11.6. The van der Waals surface area contributed by atoms with Gasteiger partial charge < -0.3 is 4.74 Å². The number of ether oxygens (including phenoxy) is 1. The minimum absolute atomic E-state index is 0.0772. The van der Waals surface area contributed by atoms with E-state index in [1.54, 1.807) is 25.1 Å². The van der Waals surface area contributed by atoms with Gasteiger partial charge in [-0.1, -0.05) is 30.3 Å². The lowest BCUT2D eigenvalue weighted by molar-refractivity contribution is 0.314. The van der Waals surface area contributed by atoms with Crippen molar-refractivity contribution in [2.24, 2.45) is 0 Å². The predicted molar refractivity (Wildman–Crippen MR) is 90.8 cm³/mol. The number of unbranched alkanes of at least 4 members (excludes halogenated alkanes) is 1. The van der Waals surface area contributed by atoms with Gasteiger partial charge in [-0.2, -0.15) is 4.39 Å². The first-order valence-electron chi connectivity index (χ1n) is 8.05. The lowest BCUT2D eigenvalue weighted by Gasteiger charge is -2.10. The second-order valence-electron chi connectivity index (χ2n) is 5.55. The van der Waals surface area contributed by atoms with Crippen LogP contribution in [0.25, 0.3) is 11.1 Å². The molecule has 1 nitrogen and oxygen atoms in total. The number of rotatable bonds is 7. The number of halogens is 3. The van der Waals surface area contributed by atoms with Crippen molar-refractivity contribution in [2.75, 3.05) is 6.61 Å². The van der Waals surface area contributed by atoms with Crippen LogP contribution in [0.2, 0.25) is 0 Å². The van der Waals surface area contributed by atoms with Crippen molar-refractivity contribution in [1.29, 1.82) is 0 Å². The molecular weight excluding hydrogens is 313 g/mol. The predicted octanol–water partition coefficient (Wildman–Crippen LogP) is 6.23. The number of hydrogen-bond donors (Lipinski definition) is 0. The van der Waals surface area contributed by atoms with E-state index in [0.29, 0.717) is 12.0 Å². The Labute approximate surface area is 140 Å². The Hall–Kier alpha value is -2.23. The van der Waals surface area contributed by atoms with E-state index in [2.05, 4.69) is 0 Å². The van der Waals surface area contributed by atoms with E-state index in [-0.39, 0.29) is 23.7 Å². The molecule has 0 fully saturated rings. The summed E-state index contributed by atoms with van der Waals surface area (Å²) >= 11 is 0. The maximum absolute atomic E-state index is 14.2. The van der Waals surface area contributed by atoms with Gasteiger partial charge in [0.05, 0.1) is 12.4 Å². The molecule has 0 N–H and O–H groups in total. The van der Waals surface area contributed by atoms with Crippen LogP contribution >= 0.6 is 0 Å². The van der Waals surface area contributed by atoms with Gasteiger partial charge in [0.25, 0.3) is 0 Å². The van der Waals surface area contributed by atoms with Gasteiger partial charge in [-0.05, 0) is 56.4 Å². The van der Waals surface area contributed by atoms with Gasteiger partial charge in [0, 0.05) is 5.56 Å². The van der Waals surface area contributed by atoms with Crippen LogP contribution in [0.15, 0.2) is 48.3 Å². The van der Waals surface area contributed by atoms with Gasteiger partial charge in [-0.3, -0.25) is 0 Å². The molecule has 0 radical (unpaired) electrons. The summed E-state index contributed by atoms with van der Waals surface area (Å²) in [7, 11) is 0. The van der Waals surface area contributed by atoms with Crippen molar-refractivity contribution < 1.29 is 17.9 Å². The minimum atomic E-state index is -0.966. The van der Waals surface area contributed by atoms with E-state index >= 15 is 0 Å². The molecule has 0 unspecified atom stereocenters. The summed E-state index contributed by atoms with van der Waals surface area (Å²) in [6, 6.07) is 10.3. The van der Waals surface area contributed by atoms with Crippen molar-refractivity contribution >= 4 is 0 Å². The summed E-state index contributed by atoms with van der Waals surface area (Å²) in [5.74, 6) is -2.12. The van der Waals surface area contributed by atoms with Crippen LogP contribution in [-0.2, 0) is 6.42 Å². The molecule has 0 spiro atoms. The van der Waals surface area contributed by atoms with Crippen molar-refractivity contribution in [2.45, 2.75) is 33.1 Å². The summed E-state index contributed by atoms with van der Waals surface area (Å²) in [6.45, 7) is 3.43. The molecule has 0 aromatic heterocycles. The van der Waals surface area contributed by atoms with Crippen LogP contribution in [0.5, 0.6) is 5.75 Å². The summed E-state index contributed by atoms with van der Waals surface area (Å²) < 4.78 is 45.8. The second kappa shape index (κ2) is 8.57. The summed E-state index contributed by atoms with van der Waals surface area (Å²) in [4.78, 5) is 0. The maximum atomic E-state index is 14.2. The van der Waals surface area contributed by atoms with Crippen molar-refractivity contribution in [3.05, 3.63) is 65.5 Å². The van der Waals surface area contributed by atoms with Gasteiger partial charge in [0.2, 0.25) is 5.82 Å². The van der Waals surface area contributed by atoms with Crippen LogP contribution in [0.4, 0.5) is 13.2 Å². The molecule has 4 heteroatoms. The van der Waals surface area contributed by atoms with Crippen LogP contribution < -0.4 is 4.74 Å². The van der Waals surface area contributed by atoms with Gasteiger partial charge in [0.1, 0.15) is 0 Å². The lowest BCUT2D eigenvalue weighted by atomic mass is 10.0. The topological polar surface area (TPSA) is 9.23 Å². The Kier molecular flexibility index (Phi) is 6.47. The Bertz CT molecular complexity index is 702. The molecule has 0 saturated carbocycles. The molecule has 2 aromatic rings. The van der Waals surface area contributed by atoms with E-state index < -0.39 is 11.6 Å². The van der Waals surface area contributed by atoms with Crippen molar-refractivity contribution in [1.82, 2.24) is 0 Å². The molecule has 0 aliphatic rings. The Balaban J connectivity index is 2.10. The zero-order valence-electron chi connectivity index (χ0n) is 13.9. The van der Waals surface area contributed by atoms with E-state index in [0.717, 1.165) is 18.4 Å². The van der Waals surface area contributed by atoms with Crippen LogP contribution in [0, 0.1) is 11.6 Å². The molecule has 0 aliphatic heterocycles. The molecule has 0 amide bonds. The number of benzene rings is 2. The summed E-state index contributed by atoms with van der Waals surface area (Å²) in [5, 5.41) is 0. The van der Waals surface area contributed by atoms with Crippen molar-refractivity contribution in [3.63, 3.8) is 0 Å².